The first kappa shape index (κ1) is 18.4. The summed E-state index contributed by atoms with van der Waals surface area (Å²) in [6.07, 6.45) is 0.777. The van der Waals surface area contributed by atoms with Crippen LogP contribution in [-0.4, -0.2) is 30.3 Å². The Labute approximate surface area is 168 Å². The van der Waals surface area contributed by atoms with Gasteiger partial charge >= 0.3 is 0 Å². The van der Waals surface area contributed by atoms with E-state index in [2.05, 4.69) is 17.4 Å². The summed E-state index contributed by atoms with van der Waals surface area (Å²) in [6, 6.07) is 21.2. The summed E-state index contributed by atoms with van der Waals surface area (Å²) in [4.78, 5) is 28.9. The van der Waals surface area contributed by atoms with Crippen LogP contribution in [0.1, 0.15) is 38.3 Å². The van der Waals surface area contributed by atoms with Gasteiger partial charge in [-0.2, -0.15) is 0 Å². The van der Waals surface area contributed by atoms with Crippen LogP contribution < -0.4 is 5.32 Å². The van der Waals surface area contributed by atoms with E-state index in [1.807, 2.05) is 60.0 Å². The van der Waals surface area contributed by atoms with Gasteiger partial charge in [-0.3, -0.25) is 9.59 Å². The minimum atomic E-state index is -0.423. The van der Waals surface area contributed by atoms with Crippen molar-refractivity contribution in [3.63, 3.8) is 0 Å². The number of carbonyl (C=O) groups is 2. The van der Waals surface area contributed by atoms with Crippen molar-refractivity contribution in [2.75, 3.05) is 13.6 Å². The highest BCUT2D eigenvalue weighted by Gasteiger charge is 2.42. The molecule has 0 aliphatic carbocycles. The molecule has 4 rings (SSSR count). The summed E-state index contributed by atoms with van der Waals surface area (Å²) in [5.41, 5.74) is 2.61. The average molecular weight is 391 g/mol. The van der Waals surface area contributed by atoms with Gasteiger partial charge in [0.2, 0.25) is 5.91 Å². The van der Waals surface area contributed by atoms with Gasteiger partial charge < -0.3 is 10.2 Å². The average Bonchev–Trinajstić information content (AvgIpc) is 3.25. The Morgan fingerprint density at radius 1 is 1.04 bits per heavy atom. The minimum Gasteiger partial charge on any atom is -0.355 e. The maximum absolute atomic E-state index is 13.3. The molecule has 1 aromatic heterocycles. The number of hydrogen-bond donors (Lipinski definition) is 1. The number of nitrogens with zero attached hydrogens (tertiary/aromatic N) is 1. The molecular weight excluding hydrogens is 368 g/mol. The van der Waals surface area contributed by atoms with E-state index in [9.17, 15) is 9.59 Å². The number of thiophene rings is 1. The number of benzene rings is 2. The predicted molar refractivity (Wildman–Crippen MR) is 111 cm³/mol. The molecule has 0 unspecified atom stereocenters. The van der Waals surface area contributed by atoms with Crippen LogP contribution in [0.25, 0.3) is 0 Å². The Bertz CT molecular complexity index is 969. The Hall–Kier alpha value is -2.92. The van der Waals surface area contributed by atoms with E-state index >= 15 is 0 Å². The molecule has 142 valence electrons. The molecule has 0 bridgehead atoms. The molecule has 4 nitrogen and oxygen atoms in total. The van der Waals surface area contributed by atoms with Gasteiger partial charge in [-0.05, 0) is 35.1 Å². The maximum atomic E-state index is 13.3. The molecule has 1 N–H and O–H groups in total. The molecule has 2 atom stereocenters. The first-order chi connectivity index (χ1) is 13.7. The van der Waals surface area contributed by atoms with E-state index in [0.29, 0.717) is 12.1 Å². The number of likely N-dealkylation sites (N-methyl/N-ethyl adjacent to an activating group) is 1. The fourth-order valence-electron chi connectivity index (χ4n) is 3.86. The highest BCUT2D eigenvalue weighted by atomic mass is 32.1. The molecule has 0 saturated carbocycles. The number of fused-ring (bicyclic) bond motifs is 1. The number of rotatable bonds is 5. The lowest BCUT2D eigenvalue weighted by atomic mass is 9.81. The van der Waals surface area contributed by atoms with Gasteiger partial charge in [-0.1, -0.05) is 54.6 Å². The first-order valence-corrected chi connectivity index (χ1v) is 10.3. The Morgan fingerprint density at radius 3 is 2.54 bits per heavy atom. The Balaban J connectivity index is 1.62. The second-order valence-electron chi connectivity index (χ2n) is 6.97. The Morgan fingerprint density at radius 2 is 1.79 bits per heavy atom. The van der Waals surface area contributed by atoms with E-state index < -0.39 is 5.92 Å². The molecule has 0 radical (unpaired) electrons. The van der Waals surface area contributed by atoms with Crippen LogP contribution in [-0.2, 0) is 11.2 Å². The molecular formula is C23H22N2O2S. The van der Waals surface area contributed by atoms with E-state index in [1.54, 1.807) is 23.3 Å². The van der Waals surface area contributed by atoms with Crippen LogP contribution >= 0.6 is 11.3 Å². The molecule has 1 aliphatic heterocycles. The third-order valence-corrected chi connectivity index (χ3v) is 6.20. The molecule has 0 saturated heterocycles. The quantitative estimate of drug-likeness (QED) is 0.715. The van der Waals surface area contributed by atoms with Crippen molar-refractivity contribution in [1.82, 2.24) is 10.2 Å². The highest BCUT2D eigenvalue weighted by Crippen LogP contribution is 2.43. The fraction of sp³-hybridized carbons (Fsp3) is 0.217. The van der Waals surface area contributed by atoms with Gasteiger partial charge in [-0.25, -0.2) is 0 Å². The second kappa shape index (κ2) is 7.98. The number of amides is 2. The van der Waals surface area contributed by atoms with Crippen LogP contribution in [0.5, 0.6) is 0 Å². The summed E-state index contributed by atoms with van der Waals surface area (Å²) in [5, 5.41) is 5.08. The largest absolute Gasteiger partial charge is 0.355 e. The van der Waals surface area contributed by atoms with Crippen LogP contribution in [0.4, 0.5) is 0 Å². The van der Waals surface area contributed by atoms with Crippen molar-refractivity contribution in [3.05, 3.63) is 93.7 Å². The summed E-state index contributed by atoms with van der Waals surface area (Å²) < 4.78 is 0. The highest BCUT2D eigenvalue weighted by molar-refractivity contribution is 7.10. The molecule has 3 aromatic rings. The monoisotopic (exact) mass is 390 g/mol. The zero-order chi connectivity index (χ0) is 19.5. The van der Waals surface area contributed by atoms with Crippen LogP contribution in [0.15, 0.2) is 72.1 Å². The van der Waals surface area contributed by atoms with Gasteiger partial charge in [-0.15, -0.1) is 11.3 Å². The van der Waals surface area contributed by atoms with Crippen molar-refractivity contribution in [2.24, 2.45) is 0 Å². The summed E-state index contributed by atoms with van der Waals surface area (Å²) in [5.74, 6) is -0.503. The van der Waals surface area contributed by atoms with E-state index in [0.717, 1.165) is 16.9 Å². The second-order valence-corrected chi connectivity index (χ2v) is 7.95. The lowest BCUT2D eigenvalue weighted by Gasteiger charge is -2.39. The van der Waals surface area contributed by atoms with Crippen molar-refractivity contribution in [2.45, 2.75) is 18.4 Å². The third-order valence-electron chi connectivity index (χ3n) is 5.25. The van der Waals surface area contributed by atoms with Gasteiger partial charge in [0.05, 0.1) is 12.0 Å². The standard InChI is InChI=1S/C23H22N2O2S/c1-25-21(19-12-7-15-28-19)20(17-10-5-6-11-18(17)23(25)27)22(26)24-14-13-16-8-3-2-4-9-16/h2-12,15,20-21H,13-14H2,1H3,(H,24,26)/t20-,21+/m0/s1. The topological polar surface area (TPSA) is 49.4 Å². The van der Waals surface area contributed by atoms with Gasteiger partial charge in [0.1, 0.15) is 0 Å². The molecule has 5 heteroatoms. The molecule has 28 heavy (non-hydrogen) atoms. The Kier molecular flexibility index (Phi) is 5.26. The van der Waals surface area contributed by atoms with Crippen molar-refractivity contribution in [3.8, 4) is 0 Å². The molecule has 2 heterocycles. The minimum absolute atomic E-state index is 0.0395. The van der Waals surface area contributed by atoms with Crippen LogP contribution in [0.2, 0.25) is 0 Å². The van der Waals surface area contributed by atoms with Crippen LogP contribution in [0.3, 0.4) is 0 Å². The van der Waals surface area contributed by atoms with E-state index in [4.69, 9.17) is 0 Å². The van der Waals surface area contributed by atoms with Crippen molar-refractivity contribution < 1.29 is 9.59 Å². The molecule has 2 aromatic carbocycles. The first-order valence-electron chi connectivity index (χ1n) is 9.38. The normalized spacial score (nSPS) is 18.6. The molecule has 2 amide bonds. The van der Waals surface area contributed by atoms with E-state index in [-0.39, 0.29) is 17.9 Å². The number of hydrogen-bond acceptors (Lipinski definition) is 3. The summed E-state index contributed by atoms with van der Waals surface area (Å²) >= 11 is 1.58. The van der Waals surface area contributed by atoms with Crippen molar-refractivity contribution >= 4 is 23.2 Å². The van der Waals surface area contributed by atoms with Gasteiger partial charge in [0.15, 0.2) is 0 Å². The van der Waals surface area contributed by atoms with Gasteiger partial charge in [0.25, 0.3) is 5.91 Å². The summed E-state index contributed by atoms with van der Waals surface area (Å²) in [6.45, 7) is 0.566. The lowest BCUT2D eigenvalue weighted by Crippen LogP contribution is -2.45. The molecule has 1 aliphatic rings. The smallest absolute Gasteiger partial charge is 0.254 e. The number of nitrogens with one attached hydrogen (secondary N) is 1. The summed E-state index contributed by atoms with van der Waals surface area (Å²) in [7, 11) is 1.78. The zero-order valence-corrected chi connectivity index (χ0v) is 16.5. The van der Waals surface area contributed by atoms with Crippen molar-refractivity contribution in [1.29, 1.82) is 0 Å². The fourth-order valence-corrected chi connectivity index (χ4v) is 4.76. The lowest BCUT2D eigenvalue weighted by molar-refractivity contribution is -0.124. The van der Waals surface area contributed by atoms with E-state index in [1.165, 1.54) is 5.56 Å². The number of carbonyl (C=O) groups excluding carboxylic acids is 2. The molecule has 0 spiro atoms. The van der Waals surface area contributed by atoms with Gasteiger partial charge in [0, 0.05) is 24.0 Å². The maximum Gasteiger partial charge on any atom is 0.254 e. The predicted octanol–water partition coefficient (Wildman–Crippen LogP) is 4.02. The SMILES string of the molecule is CN1C(=O)c2ccccc2[C@H](C(=O)NCCc2ccccc2)[C@H]1c1cccs1. The third kappa shape index (κ3) is 3.45. The van der Waals surface area contributed by atoms with Crippen LogP contribution in [0, 0.1) is 0 Å². The molecule has 0 fully saturated rings. The zero-order valence-electron chi connectivity index (χ0n) is 15.7.